The number of hydrogen-bond donors (Lipinski definition) is 2. The molecule has 0 aliphatic carbocycles. The predicted molar refractivity (Wildman–Crippen MR) is 97.5 cm³/mol. The molecule has 0 radical (unpaired) electrons. The van der Waals surface area contributed by atoms with Crippen LogP contribution < -0.4 is 10.2 Å². The fourth-order valence-electron chi connectivity index (χ4n) is 1.98. The number of hydrogen-bond acceptors (Lipinski definition) is 4. The van der Waals surface area contributed by atoms with E-state index in [4.69, 9.17) is 4.74 Å². The zero-order valence-electron chi connectivity index (χ0n) is 13.3. The van der Waals surface area contributed by atoms with Crippen LogP contribution in [-0.4, -0.2) is 23.8 Å². The molecule has 1 amide bonds. The van der Waals surface area contributed by atoms with Gasteiger partial charge in [0.25, 0.3) is 0 Å². The summed E-state index contributed by atoms with van der Waals surface area (Å²) in [7, 11) is 0. The van der Waals surface area contributed by atoms with Crippen LogP contribution in [0.5, 0.6) is 11.5 Å². The minimum absolute atomic E-state index is 0.157. The first-order chi connectivity index (χ1) is 11.5. The van der Waals surface area contributed by atoms with E-state index in [2.05, 4.69) is 26.5 Å². The smallest absolute Gasteiger partial charge is 0.240 e. The monoisotopic (exact) mass is 390 g/mol. The van der Waals surface area contributed by atoms with Gasteiger partial charge in [-0.15, -0.1) is 0 Å². The summed E-state index contributed by atoms with van der Waals surface area (Å²) in [6, 6.07) is 12.5. The Labute approximate surface area is 149 Å². The van der Waals surface area contributed by atoms with Gasteiger partial charge >= 0.3 is 0 Å². The summed E-state index contributed by atoms with van der Waals surface area (Å²) in [5.74, 6) is 0.741. The maximum atomic E-state index is 11.7. The molecule has 126 valence electrons. The van der Waals surface area contributed by atoms with Crippen molar-refractivity contribution in [3.8, 4) is 11.5 Å². The van der Waals surface area contributed by atoms with Gasteiger partial charge in [-0.05, 0) is 64.7 Å². The van der Waals surface area contributed by atoms with Gasteiger partial charge in [0.05, 0.1) is 17.3 Å². The van der Waals surface area contributed by atoms with Gasteiger partial charge in [-0.1, -0.05) is 18.2 Å². The van der Waals surface area contributed by atoms with E-state index < -0.39 is 0 Å². The number of benzene rings is 2. The number of amides is 1. The Hall–Kier alpha value is -2.34. The Bertz CT molecular complexity index is 732. The van der Waals surface area contributed by atoms with E-state index >= 15 is 0 Å². The summed E-state index contributed by atoms with van der Waals surface area (Å²) < 4.78 is 6.54. The van der Waals surface area contributed by atoms with E-state index in [9.17, 15) is 9.90 Å². The van der Waals surface area contributed by atoms with Gasteiger partial charge in [-0.2, -0.15) is 5.10 Å². The van der Waals surface area contributed by atoms with Gasteiger partial charge in [-0.25, -0.2) is 5.43 Å². The number of carbonyl (C=O) groups excluding carboxylic acids is 1. The lowest BCUT2D eigenvalue weighted by Gasteiger charge is -2.08. The Balaban J connectivity index is 1.68. The molecule has 2 N–H and O–H groups in total. The zero-order chi connectivity index (χ0) is 17.4. The fraction of sp³-hybridized carbons (Fsp3) is 0.222. The number of phenols is 1. The van der Waals surface area contributed by atoms with Gasteiger partial charge in [0, 0.05) is 6.42 Å². The Morgan fingerprint density at radius 1 is 1.33 bits per heavy atom. The van der Waals surface area contributed by atoms with Crippen LogP contribution in [0.2, 0.25) is 0 Å². The van der Waals surface area contributed by atoms with Gasteiger partial charge in [0.1, 0.15) is 11.5 Å². The largest absolute Gasteiger partial charge is 0.508 e. The summed E-state index contributed by atoms with van der Waals surface area (Å²) in [5.41, 5.74) is 4.31. The van der Waals surface area contributed by atoms with E-state index in [1.54, 1.807) is 24.3 Å². The molecule has 0 saturated carbocycles. The van der Waals surface area contributed by atoms with Crippen LogP contribution >= 0.6 is 15.9 Å². The van der Waals surface area contributed by atoms with Crippen LogP contribution in [0.3, 0.4) is 0 Å². The summed E-state index contributed by atoms with van der Waals surface area (Å²) >= 11 is 3.45. The van der Waals surface area contributed by atoms with Crippen molar-refractivity contribution in [2.75, 3.05) is 6.61 Å². The normalized spacial score (nSPS) is 10.8. The second kappa shape index (κ2) is 9.08. The second-order valence-corrected chi connectivity index (χ2v) is 6.13. The summed E-state index contributed by atoms with van der Waals surface area (Å²) in [4.78, 5) is 11.7. The third-order valence-corrected chi connectivity index (χ3v) is 3.79. The van der Waals surface area contributed by atoms with Gasteiger partial charge in [-0.3, -0.25) is 4.79 Å². The fourth-order valence-corrected chi connectivity index (χ4v) is 2.59. The molecule has 0 aliphatic heterocycles. The Morgan fingerprint density at radius 3 is 2.92 bits per heavy atom. The first kappa shape index (κ1) is 18.0. The molecule has 0 unspecified atom stereocenters. The number of phenolic OH excluding ortho intramolecular Hbond substituents is 1. The molecule has 0 spiro atoms. The van der Waals surface area contributed by atoms with Crippen LogP contribution in [0.15, 0.2) is 52.0 Å². The van der Waals surface area contributed by atoms with E-state index in [1.807, 2.05) is 25.1 Å². The number of aromatic hydroxyl groups is 1. The molecule has 0 aromatic heterocycles. The summed E-state index contributed by atoms with van der Waals surface area (Å²) in [6.45, 7) is 2.46. The van der Waals surface area contributed by atoms with Crippen LogP contribution in [0.25, 0.3) is 0 Å². The number of hydrazone groups is 1. The van der Waals surface area contributed by atoms with Crippen LogP contribution in [0, 0.1) is 6.92 Å². The highest BCUT2D eigenvalue weighted by Gasteiger charge is 2.03. The molecule has 0 atom stereocenters. The highest BCUT2D eigenvalue weighted by Crippen LogP contribution is 2.25. The highest BCUT2D eigenvalue weighted by molar-refractivity contribution is 9.10. The van der Waals surface area contributed by atoms with Crippen molar-refractivity contribution >= 4 is 28.1 Å². The van der Waals surface area contributed by atoms with Crippen molar-refractivity contribution < 1.29 is 14.6 Å². The molecule has 2 rings (SSSR count). The predicted octanol–water partition coefficient (Wildman–Crippen LogP) is 3.77. The molecule has 0 saturated heterocycles. The van der Waals surface area contributed by atoms with E-state index in [-0.39, 0.29) is 11.7 Å². The Morgan fingerprint density at radius 2 is 2.17 bits per heavy atom. The van der Waals surface area contributed by atoms with E-state index in [0.717, 1.165) is 15.8 Å². The van der Waals surface area contributed by atoms with Crippen LogP contribution in [-0.2, 0) is 4.79 Å². The Kier molecular flexibility index (Phi) is 6.81. The van der Waals surface area contributed by atoms with Gasteiger partial charge in [0.15, 0.2) is 0 Å². The molecule has 2 aromatic carbocycles. The first-order valence-electron chi connectivity index (χ1n) is 7.54. The van der Waals surface area contributed by atoms with Gasteiger partial charge in [0.2, 0.25) is 5.91 Å². The van der Waals surface area contributed by atoms with Crippen molar-refractivity contribution in [2.24, 2.45) is 5.10 Å². The molecule has 5 nitrogen and oxygen atoms in total. The van der Waals surface area contributed by atoms with Crippen molar-refractivity contribution in [2.45, 2.75) is 19.8 Å². The number of carbonyl (C=O) groups is 1. The molecule has 24 heavy (non-hydrogen) atoms. The highest BCUT2D eigenvalue weighted by atomic mass is 79.9. The average molecular weight is 391 g/mol. The molecular formula is C18H19BrN2O3. The molecular weight excluding hydrogens is 372 g/mol. The number of aryl methyl sites for hydroxylation is 1. The molecule has 0 bridgehead atoms. The van der Waals surface area contributed by atoms with E-state index in [0.29, 0.717) is 25.0 Å². The number of halogens is 1. The number of nitrogens with one attached hydrogen (secondary N) is 1. The van der Waals surface area contributed by atoms with Crippen LogP contribution in [0.4, 0.5) is 0 Å². The van der Waals surface area contributed by atoms with E-state index in [1.165, 1.54) is 6.21 Å². The molecule has 0 fully saturated rings. The maximum absolute atomic E-state index is 11.7. The topological polar surface area (TPSA) is 70.9 Å². The SMILES string of the molecule is Cc1ccc(OCCCC(=O)N/N=C/c2cccc(O)c2)c(Br)c1. The average Bonchev–Trinajstić information content (AvgIpc) is 2.53. The third kappa shape index (κ3) is 6.04. The van der Waals surface area contributed by atoms with Crippen molar-refractivity contribution in [3.63, 3.8) is 0 Å². The molecule has 2 aromatic rings. The summed E-state index contributed by atoms with van der Waals surface area (Å²) in [5, 5.41) is 13.2. The maximum Gasteiger partial charge on any atom is 0.240 e. The molecule has 0 aliphatic rings. The minimum Gasteiger partial charge on any atom is -0.508 e. The zero-order valence-corrected chi connectivity index (χ0v) is 14.9. The van der Waals surface area contributed by atoms with Crippen molar-refractivity contribution in [1.29, 1.82) is 0 Å². The van der Waals surface area contributed by atoms with Crippen LogP contribution in [0.1, 0.15) is 24.0 Å². The third-order valence-electron chi connectivity index (χ3n) is 3.17. The number of rotatable bonds is 7. The number of ether oxygens (including phenoxy) is 1. The van der Waals surface area contributed by atoms with Gasteiger partial charge < -0.3 is 9.84 Å². The van der Waals surface area contributed by atoms with Crippen molar-refractivity contribution in [3.05, 3.63) is 58.1 Å². The first-order valence-corrected chi connectivity index (χ1v) is 8.34. The minimum atomic E-state index is -0.182. The lowest BCUT2D eigenvalue weighted by atomic mass is 10.2. The lowest BCUT2D eigenvalue weighted by molar-refractivity contribution is -0.121. The number of nitrogens with zero attached hydrogens (tertiary/aromatic N) is 1. The molecule has 6 heteroatoms. The second-order valence-electron chi connectivity index (χ2n) is 5.27. The standard InChI is InChI=1S/C18H19BrN2O3/c1-13-7-8-17(16(19)10-13)24-9-3-6-18(23)21-20-12-14-4-2-5-15(22)11-14/h2,4-5,7-8,10-12,22H,3,6,9H2,1H3,(H,21,23)/b20-12+. The lowest BCUT2D eigenvalue weighted by Crippen LogP contribution is -2.18. The quantitative estimate of drug-likeness (QED) is 0.429. The van der Waals surface area contributed by atoms with Crippen molar-refractivity contribution in [1.82, 2.24) is 5.43 Å². The summed E-state index contributed by atoms with van der Waals surface area (Å²) in [6.07, 6.45) is 2.40. The molecule has 0 heterocycles.